The van der Waals surface area contributed by atoms with E-state index >= 15 is 0 Å². The van der Waals surface area contributed by atoms with Crippen LogP contribution in [-0.4, -0.2) is 35.1 Å². The first-order valence-corrected chi connectivity index (χ1v) is 7.81. The fourth-order valence-electron chi connectivity index (χ4n) is 2.38. The number of nitrogens with zero attached hydrogens (tertiary/aromatic N) is 2. The summed E-state index contributed by atoms with van der Waals surface area (Å²) in [5.41, 5.74) is 1.13. The van der Waals surface area contributed by atoms with Gasteiger partial charge in [0.2, 0.25) is 0 Å². The smallest absolute Gasteiger partial charge is 0.323 e. The number of rotatable bonds is 2. The molecule has 0 aliphatic carbocycles. The minimum atomic E-state index is -0.135. The number of hydrogen-bond acceptors (Lipinski definition) is 4. The minimum Gasteiger partial charge on any atom is -0.367 e. The lowest BCUT2D eigenvalue weighted by atomic mass is 10.1. The van der Waals surface area contributed by atoms with E-state index in [-0.39, 0.29) is 18.2 Å². The topological polar surface area (TPSA) is 54.5 Å². The van der Waals surface area contributed by atoms with Crippen LogP contribution in [0.25, 0.3) is 0 Å². The van der Waals surface area contributed by atoms with Gasteiger partial charge in [0, 0.05) is 12.7 Å². The van der Waals surface area contributed by atoms with Crippen LogP contribution in [0.15, 0.2) is 41.2 Å². The molecular weight excluding hydrogens is 286 g/mol. The fourth-order valence-corrected chi connectivity index (χ4v) is 3.09. The molecule has 0 spiro atoms. The maximum atomic E-state index is 12.4. The number of carbonyl (C=O) groups excluding carboxylic acids is 1. The van der Waals surface area contributed by atoms with E-state index < -0.39 is 0 Å². The molecule has 21 heavy (non-hydrogen) atoms. The van der Waals surface area contributed by atoms with Crippen molar-refractivity contribution in [2.75, 3.05) is 18.4 Å². The normalized spacial score (nSPS) is 22.0. The number of amides is 2. The Labute approximate surface area is 127 Å². The van der Waals surface area contributed by atoms with Gasteiger partial charge in [-0.05, 0) is 41.4 Å². The minimum absolute atomic E-state index is 0.0122. The van der Waals surface area contributed by atoms with Crippen molar-refractivity contribution in [3.05, 3.63) is 46.8 Å². The van der Waals surface area contributed by atoms with E-state index in [1.54, 1.807) is 28.5 Å². The lowest BCUT2D eigenvalue weighted by Crippen LogP contribution is -2.47. The van der Waals surface area contributed by atoms with Gasteiger partial charge in [-0.25, -0.2) is 9.78 Å². The zero-order chi connectivity index (χ0) is 14.7. The van der Waals surface area contributed by atoms with Gasteiger partial charge in [-0.2, -0.15) is 11.3 Å². The molecule has 110 valence electrons. The number of morpholine rings is 1. The van der Waals surface area contributed by atoms with E-state index in [4.69, 9.17) is 4.74 Å². The van der Waals surface area contributed by atoms with Crippen molar-refractivity contribution >= 4 is 23.2 Å². The highest BCUT2D eigenvalue weighted by Gasteiger charge is 2.29. The largest absolute Gasteiger partial charge is 0.367 e. The molecule has 3 rings (SSSR count). The van der Waals surface area contributed by atoms with Crippen molar-refractivity contribution in [3.63, 3.8) is 0 Å². The zero-order valence-corrected chi connectivity index (χ0v) is 12.5. The molecule has 0 aromatic carbocycles. The molecule has 1 aliphatic heterocycles. The molecule has 1 fully saturated rings. The van der Waals surface area contributed by atoms with Crippen molar-refractivity contribution in [1.29, 1.82) is 0 Å². The Kier molecular flexibility index (Phi) is 4.17. The van der Waals surface area contributed by atoms with E-state index in [9.17, 15) is 4.79 Å². The van der Waals surface area contributed by atoms with E-state index in [1.165, 1.54) is 0 Å². The van der Waals surface area contributed by atoms with Gasteiger partial charge in [0.25, 0.3) is 0 Å². The fraction of sp³-hybridized carbons (Fsp3) is 0.333. The Morgan fingerprint density at radius 2 is 2.33 bits per heavy atom. The molecule has 2 aromatic rings. The van der Waals surface area contributed by atoms with Gasteiger partial charge >= 0.3 is 6.03 Å². The average Bonchev–Trinajstić information content (AvgIpc) is 3.02. The third-order valence-electron chi connectivity index (χ3n) is 3.36. The number of aromatic nitrogens is 1. The molecule has 0 radical (unpaired) electrons. The molecule has 2 aromatic heterocycles. The molecule has 2 unspecified atom stereocenters. The Balaban J connectivity index is 1.68. The monoisotopic (exact) mass is 303 g/mol. The van der Waals surface area contributed by atoms with E-state index in [1.807, 2.05) is 30.5 Å². The highest BCUT2D eigenvalue weighted by atomic mass is 32.1. The first kappa shape index (κ1) is 14.0. The highest BCUT2D eigenvalue weighted by Crippen LogP contribution is 2.27. The maximum Gasteiger partial charge on any atom is 0.323 e. The van der Waals surface area contributed by atoms with E-state index in [0.717, 1.165) is 5.56 Å². The summed E-state index contributed by atoms with van der Waals surface area (Å²) >= 11 is 1.64. The zero-order valence-electron chi connectivity index (χ0n) is 11.7. The third kappa shape index (κ3) is 3.40. The van der Waals surface area contributed by atoms with Gasteiger partial charge in [-0.1, -0.05) is 6.07 Å². The first-order chi connectivity index (χ1) is 10.2. The summed E-state index contributed by atoms with van der Waals surface area (Å²) in [4.78, 5) is 18.2. The summed E-state index contributed by atoms with van der Waals surface area (Å²) < 4.78 is 5.93. The Morgan fingerprint density at radius 1 is 1.43 bits per heavy atom. The average molecular weight is 303 g/mol. The highest BCUT2D eigenvalue weighted by molar-refractivity contribution is 7.07. The molecule has 0 bridgehead atoms. The predicted molar refractivity (Wildman–Crippen MR) is 82.4 cm³/mol. The van der Waals surface area contributed by atoms with Crippen LogP contribution in [0.2, 0.25) is 0 Å². The quantitative estimate of drug-likeness (QED) is 0.927. The summed E-state index contributed by atoms with van der Waals surface area (Å²) in [7, 11) is 0. The van der Waals surface area contributed by atoms with Crippen molar-refractivity contribution in [1.82, 2.24) is 9.88 Å². The van der Waals surface area contributed by atoms with Crippen LogP contribution in [0.4, 0.5) is 10.6 Å². The number of pyridine rings is 1. The van der Waals surface area contributed by atoms with Crippen LogP contribution in [0.5, 0.6) is 0 Å². The number of carbonyl (C=O) groups is 1. The second-order valence-electron chi connectivity index (χ2n) is 5.04. The van der Waals surface area contributed by atoms with Crippen LogP contribution >= 0.6 is 11.3 Å². The summed E-state index contributed by atoms with van der Waals surface area (Å²) in [5.74, 6) is 0.564. The van der Waals surface area contributed by atoms with Crippen LogP contribution in [0, 0.1) is 0 Å². The van der Waals surface area contributed by atoms with Gasteiger partial charge in [0.1, 0.15) is 11.9 Å². The molecule has 0 saturated carbocycles. The van der Waals surface area contributed by atoms with Crippen LogP contribution < -0.4 is 5.32 Å². The molecule has 2 atom stereocenters. The van der Waals surface area contributed by atoms with Gasteiger partial charge < -0.3 is 9.64 Å². The van der Waals surface area contributed by atoms with E-state index in [2.05, 4.69) is 15.7 Å². The van der Waals surface area contributed by atoms with Crippen molar-refractivity contribution in [2.24, 2.45) is 0 Å². The number of ether oxygens (including phenoxy) is 1. The maximum absolute atomic E-state index is 12.4. The molecule has 5 nitrogen and oxygen atoms in total. The predicted octanol–water partition coefficient (Wildman–Crippen LogP) is 3.14. The number of anilines is 1. The molecule has 1 saturated heterocycles. The van der Waals surface area contributed by atoms with Crippen LogP contribution in [0.3, 0.4) is 0 Å². The van der Waals surface area contributed by atoms with Crippen molar-refractivity contribution in [3.8, 4) is 0 Å². The number of nitrogens with one attached hydrogen (secondary N) is 1. The number of thiophene rings is 1. The van der Waals surface area contributed by atoms with Gasteiger partial charge in [0.15, 0.2) is 0 Å². The van der Waals surface area contributed by atoms with Crippen molar-refractivity contribution < 1.29 is 9.53 Å². The molecule has 1 aliphatic rings. The SMILES string of the molecule is CC1CN(C(=O)Nc2ccccn2)CC(c2ccsc2)O1. The molecule has 6 heteroatoms. The molecule has 2 amide bonds. The Morgan fingerprint density at radius 3 is 3.05 bits per heavy atom. The lowest BCUT2D eigenvalue weighted by molar-refractivity contribution is -0.0641. The summed E-state index contributed by atoms with van der Waals surface area (Å²) in [6, 6.07) is 7.35. The Hall–Kier alpha value is -1.92. The number of urea groups is 1. The second kappa shape index (κ2) is 6.24. The number of hydrogen-bond donors (Lipinski definition) is 1. The first-order valence-electron chi connectivity index (χ1n) is 6.87. The molecule has 1 N–H and O–H groups in total. The summed E-state index contributed by atoms with van der Waals surface area (Å²) in [5, 5.41) is 6.91. The third-order valence-corrected chi connectivity index (χ3v) is 4.06. The summed E-state index contributed by atoms with van der Waals surface area (Å²) in [6.45, 7) is 3.12. The van der Waals surface area contributed by atoms with Crippen molar-refractivity contribution in [2.45, 2.75) is 19.1 Å². The second-order valence-corrected chi connectivity index (χ2v) is 5.82. The Bertz CT molecular complexity index is 588. The van der Waals surface area contributed by atoms with E-state index in [0.29, 0.717) is 18.9 Å². The van der Waals surface area contributed by atoms with Crippen LogP contribution in [0.1, 0.15) is 18.6 Å². The molecule has 3 heterocycles. The van der Waals surface area contributed by atoms with Crippen LogP contribution in [-0.2, 0) is 4.74 Å². The lowest BCUT2D eigenvalue weighted by Gasteiger charge is -2.36. The van der Waals surface area contributed by atoms with Gasteiger partial charge in [0.05, 0.1) is 12.6 Å². The standard InChI is InChI=1S/C15H17N3O2S/c1-11-8-18(9-13(20-11)12-5-7-21-10-12)15(19)17-14-4-2-3-6-16-14/h2-7,10-11,13H,8-9H2,1H3,(H,16,17,19). The summed E-state index contributed by atoms with van der Waals surface area (Å²) in [6.07, 6.45) is 1.61. The van der Waals surface area contributed by atoms with Gasteiger partial charge in [-0.15, -0.1) is 0 Å². The van der Waals surface area contributed by atoms with Gasteiger partial charge in [-0.3, -0.25) is 5.32 Å². The molecular formula is C15H17N3O2S.